The highest BCUT2D eigenvalue weighted by atomic mass is 16.6. The Labute approximate surface area is 140 Å². The maximum atomic E-state index is 6.53. The van der Waals surface area contributed by atoms with Crippen LogP contribution in [0.5, 0.6) is 0 Å². The lowest BCUT2D eigenvalue weighted by Crippen LogP contribution is -2.56. The first kappa shape index (κ1) is 15.7. The largest absolute Gasteiger partial charge is 0.382 e. The maximum Gasteiger partial charge on any atom is 0.167 e. The molecule has 130 valence electrons. The van der Waals surface area contributed by atoms with Crippen LogP contribution >= 0.6 is 0 Å². The van der Waals surface area contributed by atoms with E-state index in [0.29, 0.717) is 17.0 Å². The van der Waals surface area contributed by atoms with Crippen LogP contribution in [0.4, 0.5) is 5.82 Å². The lowest BCUT2D eigenvalue weighted by molar-refractivity contribution is -0.192. The molecule has 4 rings (SSSR count). The summed E-state index contributed by atoms with van der Waals surface area (Å²) in [6.07, 6.45) is 3.99. The van der Waals surface area contributed by atoms with E-state index in [-0.39, 0.29) is 29.6 Å². The number of fused-ring (bicyclic) bond motifs is 3. The van der Waals surface area contributed by atoms with Crippen molar-refractivity contribution in [3.05, 3.63) is 12.7 Å². The van der Waals surface area contributed by atoms with Crippen LogP contribution in [0.15, 0.2) is 12.7 Å². The number of nitrogens with zero attached hydrogens (tertiary/aromatic N) is 4. The van der Waals surface area contributed by atoms with E-state index in [2.05, 4.69) is 35.7 Å². The molecule has 24 heavy (non-hydrogen) atoms. The third kappa shape index (κ3) is 2.06. The van der Waals surface area contributed by atoms with E-state index in [0.717, 1.165) is 12.8 Å². The van der Waals surface area contributed by atoms with Crippen molar-refractivity contribution in [2.24, 2.45) is 0 Å². The molecule has 8 heteroatoms. The summed E-state index contributed by atoms with van der Waals surface area (Å²) < 4.78 is 20.5. The third-order valence-corrected chi connectivity index (χ3v) is 5.15. The van der Waals surface area contributed by atoms with Gasteiger partial charge < -0.3 is 19.9 Å². The topological polar surface area (TPSA) is 97.3 Å². The SMILES string of the molecule is CC[C@]12CC(C)(C)O[C@@H](C1OC)[C@H](n1cnc3c(N)ncnc31)O2. The number of hydrogen-bond donors (Lipinski definition) is 1. The Morgan fingerprint density at radius 1 is 1.33 bits per heavy atom. The van der Waals surface area contributed by atoms with E-state index in [1.54, 1.807) is 13.4 Å². The summed E-state index contributed by atoms with van der Waals surface area (Å²) >= 11 is 0. The minimum atomic E-state index is -0.388. The molecule has 8 nitrogen and oxygen atoms in total. The molecule has 0 saturated carbocycles. The fourth-order valence-electron chi connectivity index (χ4n) is 4.25. The molecule has 2 aliphatic heterocycles. The van der Waals surface area contributed by atoms with Gasteiger partial charge in [0.05, 0.1) is 11.9 Å². The fraction of sp³-hybridized carbons (Fsp3) is 0.688. The molecule has 0 amide bonds. The van der Waals surface area contributed by atoms with Gasteiger partial charge in [-0.1, -0.05) is 6.92 Å². The quantitative estimate of drug-likeness (QED) is 0.912. The standard InChI is InChI=1S/C16H23N5O3/c1-5-16-6-15(2,3)23-10(11(16)22-4)14(24-16)21-8-20-9-12(17)18-7-19-13(9)21/h7-8,10-11,14H,5-6H2,1-4H3,(H2,17,18,19)/t10-,11?,14+,16-/m0/s1. The zero-order valence-electron chi connectivity index (χ0n) is 14.4. The van der Waals surface area contributed by atoms with Crippen LogP contribution < -0.4 is 5.73 Å². The Morgan fingerprint density at radius 2 is 2.12 bits per heavy atom. The van der Waals surface area contributed by atoms with Crippen molar-refractivity contribution in [1.82, 2.24) is 19.5 Å². The second kappa shape index (κ2) is 5.11. The lowest BCUT2D eigenvalue weighted by Gasteiger charge is -2.45. The summed E-state index contributed by atoms with van der Waals surface area (Å²) in [4.78, 5) is 12.7. The first-order valence-corrected chi connectivity index (χ1v) is 8.22. The number of methoxy groups -OCH3 is 1. The van der Waals surface area contributed by atoms with Gasteiger partial charge >= 0.3 is 0 Å². The van der Waals surface area contributed by atoms with E-state index in [9.17, 15) is 0 Å². The van der Waals surface area contributed by atoms with Crippen molar-refractivity contribution < 1.29 is 14.2 Å². The van der Waals surface area contributed by atoms with Crippen LogP contribution in [0.1, 0.15) is 39.8 Å². The lowest BCUT2D eigenvalue weighted by atomic mass is 9.79. The number of nitrogen functional groups attached to an aromatic ring is 1. The normalized spacial score (nSPS) is 34.8. The molecular weight excluding hydrogens is 310 g/mol. The van der Waals surface area contributed by atoms with Crippen LogP contribution in [0, 0.1) is 0 Å². The van der Waals surface area contributed by atoms with Gasteiger partial charge in [0.25, 0.3) is 0 Å². The molecule has 0 spiro atoms. The molecule has 2 aromatic rings. The fourth-order valence-corrected chi connectivity index (χ4v) is 4.25. The molecule has 2 N–H and O–H groups in total. The van der Waals surface area contributed by atoms with Crippen LogP contribution in [-0.4, -0.2) is 50.0 Å². The first-order chi connectivity index (χ1) is 11.4. The van der Waals surface area contributed by atoms with Crippen LogP contribution in [-0.2, 0) is 14.2 Å². The Bertz CT molecular complexity index is 776. The smallest absolute Gasteiger partial charge is 0.167 e. The number of anilines is 1. The number of ether oxygens (including phenoxy) is 3. The zero-order chi connectivity index (χ0) is 17.1. The van der Waals surface area contributed by atoms with Gasteiger partial charge in [-0.25, -0.2) is 15.0 Å². The van der Waals surface area contributed by atoms with Crippen molar-refractivity contribution in [3.63, 3.8) is 0 Å². The van der Waals surface area contributed by atoms with Crippen molar-refractivity contribution >= 4 is 17.0 Å². The summed E-state index contributed by atoms with van der Waals surface area (Å²) in [6.45, 7) is 6.31. The van der Waals surface area contributed by atoms with E-state index in [1.165, 1.54) is 6.33 Å². The summed E-state index contributed by atoms with van der Waals surface area (Å²) in [5.74, 6) is 0.356. The molecule has 2 aromatic heterocycles. The van der Waals surface area contributed by atoms with Crippen molar-refractivity contribution in [3.8, 4) is 0 Å². The predicted octanol–water partition coefficient (Wildman–Crippen LogP) is 1.67. The van der Waals surface area contributed by atoms with Gasteiger partial charge in [0.1, 0.15) is 29.7 Å². The van der Waals surface area contributed by atoms with Gasteiger partial charge in [0.15, 0.2) is 17.7 Å². The van der Waals surface area contributed by atoms with Crippen LogP contribution in [0.2, 0.25) is 0 Å². The van der Waals surface area contributed by atoms with Gasteiger partial charge in [0, 0.05) is 13.5 Å². The van der Waals surface area contributed by atoms with Gasteiger partial charge in [-0.2, -0.15) is 0 Å². The van der Waals surface area contributed by atoms with E-state index >= 15 is 0 Å². The second-order valence-electron chi connectivity index (χ2n) is 7.18. The summed E-state index contributed by atoms with van der Waals surface area (Å²) in [7, 11) is 1.71. The van der Waals surface area contributed by atoms with Crippen molar-refractivity contribution in [2.45, 2.75) is 63.3 Å². The van der Waals surface area contributed by atoms with Gasteiger partial charge in [-0.3, -0.25) is 4.57 Å². The first-order valence-electron chi connectivity index (χ1n) is 8.22. The number of imidazole rings is 1. The number of rotatable bonds is 3. The zero-order valence-corrected chi connectivity index (χ0v) is 14.4. The van der Waals surface area contributed by atoms with E-state index in [1.807, 2.05) is 4.57 Å². The van der Waals surface area contributed by atoms with E-state index in [4.69, 9.17) is 19.9 Å². The summed E-state index contributed by atoms with van der Waals surface area (Å²) in [5.41, 5.74) is 6.44. The Kier molecular flexibility index (Phi) is 3.35. The molecule has 0 radical (unpaired) electrons. The third-order valence-electron chi connectivity index (χ3n) is 5.15. The van der Waals surface area contributed by atoms with Gasteiger partial charge in [0.2, 0.25) is 0 Å². The molecule has 4 heterocycles. The number of nitrogens with two attached hydrogens (primary N) is 1. The molecule has 2 bridgehead atoms. The highest BCUT2D eigenvalue weighted by molar-refractivity contribution is 5.81. The molecule has 2 fully saturated rings. The van der Waals surface area contributed by atoms with Crippen molar-refractivity contribution in [2.75, 3.05) is 12.8 Å². The average molecular weight is 333 g/mol. The van der Waals surface area contributed by atoms with Crippen molar-refractivity contribution in [1.29, 1.82) is 0 Å². The monoisotopic (exact) mass is 333 g/mol. The second-order valence-corrected chi connectivity index (χ2v) is 7.18. The summed E-state index contributed by atoms with van der Waals surface area (Å²) in [6, 6.07) is 0. The van der Waals surface area contributed by atoms with Crippen LogP contribution in [0.3, 0.4) is 0 Å². The molecule has 0 aliphatic carbocycles. The molecule has 0 aromatic carbocycles. The molecule has 4 atom stereocenters. The number of aromatic nitrogens is 4. The molecule has 1 unspecified atom stereocenters. The predicted molar refractivity (Wildman–Crippen MR) is 87.2 cm³/mol. The average Bonchev–Trinajstić information content (AvgIpc) is 3.04. The van der Waals surface area contributed by atoms with Gasteiger partial charge in [-0.05, 0) is 20.3 Å². The minimum absolute atomic E-state index is 0.142. The van der Waals surface area contributed by atoms with E-state index < -0.39 is 0 Å². The molecule has 2 saturated heterocycles. The van der Waals surface area contributed by atoms with Crippen LogP contribution in [0.25, 0.3) is 11.2 Å². The summed E-state index contributed by atoms with van der Waals surface area (Å²) in [5, 5.41) is 0. The highest BCUT2D eigenvalue weighted by Crippen LogP contribution is 2.52. The Hall–Kier alpha value is -1.77. The Morgan fingerprint density at radius 3 is 2.83 bits per heavy atom. The number of hydrogen-bond acceptors (Lipinski definition) is 7. The highest BCUT2D eigenvalue weighted by Gasteiger charge is 2.62. The Balaban J connectivity index is 1.83. The van der Waals surface area contributed by atoms with Gasteiger partial charge in [-0.15, -0.1) is 0 Å². The maximum absolute atomic E-state index is 6.53. The minimum Gasteiger partial charge on any atom is -0.382 e. The molecule has 2 aliphatic rings. The molecular formula is C16H23N5O3.